The highest BCUT2D eigenvalue weighted by molar-refractivity contribution is 5.94. The Kier molecular flexibility index (Phi) is 6.48. The van der Waals surface area contributed by atoms with Gasteiger partial charge in [-0.05, 0) is 66.9 Å². The van der Waals surface area contributed by atoms with E-state index in [2.05, 4.69) is 5.10 Å². The van der Waals surface area contributed by atoms with Crippen molar-refractivity contribution in [1.82, 2.24) is 14.7 Å². The van der Waals surface area contributed by atoms with Crippen LogP contribution in [0.25, 0.3) is 16.9 Å². The smallest absolute Gasteiger partial charge is 0.253 e. The Morgan fingerprint density at radius 2 is 1.67 bits per heavy atom. The van der Waals surface area contributed by atoms with E-state index in [1.54, 1.807) is 23.9 Å². The van der Waals surface area contributed by atoms with Gasteiger partial charge < -0.3 is 20.5 Å². The third-order valence-corrected chi connectivity index (χ3v) is 6.84. The average Bonchev–Trinajstić information content (AvgIpc) is 3.31. The normalized spacial score (nSPS) is 15.0. The third-order valence-electron chi connectivity index (χ3n) is 6.84. The van der Waals surface area contributed by atoms with Gasteiger partial charge in [0.15, 0.2) is 0 Å². The number of hydrogen-bond acceptors (Lipinski definition) is 5. The monoisotopic (exact) mass is 482 g/mol. The zero-order valence-corrected chi connectivity index (χ0v) is 20.3. The van der Waals surface area contributed by atoms with Crippen molar-refractivity contribution in [3.8, 4) is 22.7 Å². The van der Waals surface area contributed by atoms with Crippen LogP contribution in [-0.2, 0) is 6.42 Å². The summed E-state index contributed by atoms with van der Waals surface area (Å²) in [6.07, 6.45) is 1.72. The number of rotatable bonds is 6. The van der Waals surface area contributed by atoms with Gasteiger partial charge in [0.1, 0.15) is 11.6 Å². The Morgan fingerprint density at radius 1 is 1.00 bits per heavy atom. The van der Waals surface area contributed by atoms with Crippen LogP contribution in [0.4, 0.5) is 5.82 Å². The minimum Gasteiger partial charge on any atom is -0.497 e. The first-order valence-electron chi connectivity index (χ1n) is 12.1. The van der Waals surface area contributed by atoms with Gasteiger partial charge in [-0.1, -0.05) is 30.3 Å². The second kappa shape index (κ2) is 9.87. The van der Waals surface area contributed by atoms with E-state index < -0.39 is 5.60 Å². The number of carbonyl (C=O) groups excluding carboxylic acids is 1. The van der Waals surface area contributed by atoms with Crippen molar-refractivity contribution < 1.29 is 14.6 Å². The molecule has 1 aliphatic rings. The van der Waals surface area contributed by atoms with E-state index >= 15 is 0 Å². The molecule has 7 heteroatoms. The van der Waals surface area contributed by atoms with E-state index in [4.69, 9.17) is 10.5 Å². The topological polar surface area (TPSA) is 93.6 Å². The third kappa shape index (κ3) is 4.97. The number of anilines is 1. The lowest BCUT2D eigenvalue weighted by Crippen LogP contribution is -2.47. The summed E-state index contributed by atoms with van der Waals surface area (Å²) in [5.74, 6) is 1.25. The molecule has 36 heavy (non-hydrogen) atoms. The standard InChI is InChI=1S/C29H30N4O3/c1-36-25-13-9-22(10-14-25)26-19-27(30)33(31-26)24-11-7-23(8-12-24)28(34)32-17-15-29(35,16-18-32)20-21-5-3-2-4-6-21/h2-14,19,35H,15-18,20,30H2,1H3. The fourth-order valence-electron chi connectivity index (χ4n) is 4.71. The van der Waals surface area contributed by atoms with Crippen molar-refractivity contribution in [2.75, 3.05) is 25.9 Å². The molecule has 1 aromatic heterocycles. The van der Waals surface area contributed by atoms with Crippen LogP contribution >= 0.6 is 0 Å². The van der Waals surface area contributed by atoms with E-state index in [9.17, 15) is 9.90 Å². The van der Waals surface area contributed by atoms with Crippen molar-refractivity contribution in [3.05, 3.63) is 96.1 Å². The largest absolute Gasteiger partial charge is 0.497 e. The van der Waals surface area contributed by atoms with Crippen LogP contribution in [0.2, 0.25) is 0 Å². The van der Waals surface area contributed by atoms with E-state index in [0.717, 1.165) is 28.3 Å². The van der Waals surface area contributed by atoms with Crippen LogP contribution in [0.5, 0.6) is 5.75 Å². The molecule has 0 unspecified atom stereocenters. The fraction of sp³-hybridized carbons (Fsp3) is 0.241. The Morgan fingerprint density at radius 3 is 2.31 bits per heavy atom. The number of aromatic nitrogens is 2. The predicted molar refractivity (Wildman–Crippen MR) is 140 cm³/mol. The van der Waals surface area contributed by atoms with Crippen LogP contribution in [0.1, 0.15) is 28.8 Å². The summed E-state index contributed by atoms with van der Waals surface area (Å²) in [7, 11) is 1.63. The van der Waals surface area contributed by atoms with E-state index in [1.807, 2.05) is 77.7 Å². The molecule has 3 aromatic carbocycles. The van der Waals surface area contributed by atoms with Crippen LogP contribution in [0.3, 0.4) is 0 Å². The van der Waals surface area contributed by atoms with Gasteiger partial charge in [0.05, 0.1) is 24.1 Å². The fourth-order valence-corrected chi connectivity index (χ4v) is 4.71. The second-order valence-corrected chi connectivity index (χ2v) is 9.32. The molecule has 0 radical (unpaired) electrons. The van der Waals surface area contributed by atoms with Crippen LogP contribution in [-0.4, -0.2) is 51.5 Å². The van der Waals surface area contributed by atoms with Crippen LogP contribution < -0.4 is 10.5 Å². The summed E-state index contributed by atoms with van der Waals surface area (Å²) in [6, 6.07) is 26.8. The number of methoxy groups -OCH3 is 1. The zero-order valence-electron chi connectivity index (χ0n) is 20.3. The summed E-state index contributed by atoms with van der Waals surface area (Å²) in [6.45, 7) is 1.06. The molecule has 0 atom stereocenters. The molecule has 2 heterocycles. The van der Waals surface area contributed by atoms with Crippen molar-refractivity contribution in [2.24, 2.45) is 0 Å². The number of aliphatic hydroxyl groups is 1. The number of carbonyl (C=O) groups is 1. The minimum atomic E-state index is -0.777. The molecule has 1 saturated heterocycles. The van der Waals surface area contributed by atoms with Crippen LogP contribution in [0, 0.1) is 0 Å². The maximum atomic E-state index is 13.1. The maximum absolute atomic E-state index is 13.1. The summed E-state index contributed by atoms with van der Waals surface area (Å²) < 4.78 is 6.88. The van der Waals surface area contributed by atoms with E-state index in [0.29, 0.717) is 43.7 Å². The Bertz CT molecular complexity index is 1320. The first kappa shape index (κ1) is 23.6. The number of ether oxygens (including phenoxy) is 1. The summed E-state index contributed by atoms with van der Waals surface area (Å²) in [5.41, 5.74) is 9.65. The number of likely N-dealkylation sites (tertiary alicyclic amines) is 1. The number of nitrogens with zero attached hydrogens (tertiary/aromatic N) is 3. The lowest BCUT2D eigenvalue weighted by Gasteiger charge is -2.38. The van der Waals surface area contributed by atoms with Crippen molar-refractivity contribution in [3.63, 3.8) is 0 Å². The molecule has 1 amide bonds. The van der Waals surface area contributed by atoms with Gasteiger partial charge in [-0.15, -0.1) is 0 Å². The van der Waals surface area contributed by atoms with E-state index in [-0.39, 0.29) is 5.91 Å². The number of benzene rings is 3. The molecule has 0 bridgehead atoms. The van der Waals surface area contributed by atoms with Gasteiger partial charge in [0.2, 0.25) is 0 Å². The molecule has 0 aliphatic carbocycles. The lowest BCUT2D eigenvalue weighted by molar-refractivity contribution is -0.0162. The van der Waals surface area contributed by atoms with Crippen LogP contribution in [0.15, 0.2) is 84.9 Å². The van der Waals surface area contributed by atoms with Gasteiger partial charge in [-0.25, -0.2) is 4.68 Å². The SMILES string of the molecule is COc1ccc(-c2cc(N)n(-c3ccc(C(=O)N4CCC(O)(Cc5ccccc5)CC4)cc3)n2)cc1. The number of amides is 1. The van der Waals surface area contributed by atoms with Crippen molar-refractivity contribution in [2.45, 2.75) is 24.9 Å². The quantitative estimate of drug-likeness (QED) is 0.426. The molecule has 1 fully saturated rings. The van der Waals surface area contributed by atoms with E-state index in [1.165, 1.54) is 0 Å². The highest BCUT2D eigenvalue weighted by atomic mass is 16.5. The number of nitrogens with two attached hydrogens (primary N) is 1. The van der Waals surface area contributed by atoms with Gasteiger partial charge in [-0.2, -0.15) is 5.10 Å². The van der Waals surface area contributed by atoms with Crippen molar-refractivity contribution in [1.29, 1.82) is 0 Å². The molecule has 0 spiro atoms. The molecule has 3 N–H and O–H groups in total. The maximum Gasteiger partial charge on any atom is 0.253 e. The average molecular weight is 483 g/mol. The predicted octanol–water partition coefficient (Wildman–Crippen LogP) is 4.34. The molecule has 1 aliphatic heterocycles. The molecular formula is C29H30N4O3. The summed E-state index contributed by atoms with van der Waals surface area (Å²) in [5, 5.41) is 15.7. The molecule has 7 nitrogen and oxygen atoms in total. The number of hydrogen-bond donors (Lipinski definition) is 2. The summed E-state index contributed by atoms with van der Waals surface area (Å²) in [4.78, 5) is 14.9. The second-order valence-electron chi connectivity index (χ2n) is 9.32. The zero-order chi connectivity index (χ0) is 25.1. The minimum absolute atomic E-state index is 0.0318. The Hall–Kier alpha value is -4.10. The molecular weight excluding hydrogens is 452 g/mol. The molecule has 4 aromatic rings. The van der Waals surface area contributed by atoms with Gasteiger partial charge >= 0.3 is 0 Å². The summed E-state index contributed by atoms with van der Waals surface area (Å²) >= 11 is 0. The first-order valence-corrected chi connectivity index (χ1v) is 12.1. The first-order chi connectivity index (χ1) is 17.4. The number of nitrogen functional groups attached to an aromatic ring is 1. The molecule has 184 valence electrons. The Balaban J connectivity index is 1.24. The lowest BCUT2D eigenvalue weighted by atomic mass is 9.85. The van der Waals surface area contributed by atoms with Crippen molar-refractivity contribution >= 4 is 11.7 Å². The highest BCUT2D eigenvalue weighted by Crippen LogP contribution is 2.28. The van der Waals surface area contributed by atoms with Gasteiger partial charge in [0, 0.05) is 36.7 Å². The number of piperidine rings is 1. The molecule has 0 saturated carbocycles. The van der Waals surface area contributed by atoms with Gasteiger partial charge in [0.25, 0.3) is 5.91 Å². The van der Waals surface area contributed by atoms with Gasteiger partial charge in [-0.3, -0.25) is 4.79 Å². The highest BCUT2D eigenvalue weighted by Gasteiger charge is 2.34. The molecule has 5 rings (SSSR count). The Labute approximate surface area is 210 Å².